The minimum Gasteiger partial charge on any atom is -0.461 e. The molecule has 2 N–H and O–H groups in total. The van der Waals surface area contributed by atoms with E-state index in [-0.39, 0.29) is 5.69 Å². The molecule has 0 aliphatic rings. The van der Waals surface area contributed by atoms with E-state index in [0.717, 1.165) is 5.01 Å². The van der Waals surface area contributed by atoms with Gasteiger partial charge in [0.15, 0.2) is 5.69 Å². The van der Waals surface area contributed by atoms with Gasteiger partial charge in [-0.2, -0.15) is 0 Å². The largest absolute Gasteiger partial charge is 0.461 e. The third kappa shape index (κ3) is 2.35. The van der Waals surface area contributed by atoms with Gasteiger partial charge in [0, 0.05) is 11.6 Å². The number of hydrogen-bond acceptors (Lipinski definition) is 6. The smallest absolute Gasteiger partial charge is 0.360 e. The SMILES string of the molecule is CCOC(=O)c1nc(C)n(Cc2nccs2)c1N. The van der Waals surface area contributed by atoms with Crippen molar-refractivity contribution in [2.75, 3.05) is 12.3 Å². The molecule has 18 heavy (non-hydrogen) atoms. The molecule has 2 rings (SSSR count). The third-order valence-corrected chi connectivity index (χ3v) is 3.21. The Balaban J connectivity index is 2.29. The van der Waals surface area contributed by atoms with Crippen molar-refractivity contribution in [3.8, 4) is 0 Å². The standard InChI is InChI=1S/C11H14N4O2S/c1-3-17-11(16)9-10(12)15(7(2)14-9)6-8-13-4-5-18-8/h4-5H,3,6,12H2,1-2H3. The summed E-state index contributed by atoms with van der Waals surface area (Å²) in [6, 6.07) is 0. The van der Waals surface area contributed by atoms with Gasteiger partial charge in [-0.3, -0.25) is 0 Å². The lowest BCUT2D eigenvalue weighted by Crippen LogP contribution is -2.10. The van der Waals surface area contributed by atoms with Gasteiger partial charge in [-0.1, -0.05) is 0 Å². The predicted octanol–water partition coefficient (Wildman–Crippen LogP) is 1.46. The number of rotatable bonds is 4. The van der Waals surface area contributed by atoms with Gasteiger partial charge >= 0.3 is 5.97 Å². The molecule has 0 amide bonds. The van der Waals surface area contributed by atoms with E-state index >= 15 is 0 Å². The summed E-state index contributed by atoms with van der Waals surface area (Å²) in [7, 11) is 0. The van der Waals surface area contributed by atoms with E-state index in [4.69, 9.17) is 10.5 Å². The molecule has 0 aliphatic heterocycles. The summed E-state index contributed by atoms with van der Waals surface area (Å²) in [4.78, 5) is 20.0. The Bertz CT molecular complexity index is 548. The lowest BCUT2D eigenvalue weighted by molar-refractivity contribution is 0.0521. The monoisotopic (exact) mass is 266 g/mol. The maximum atomic E-state index is 11.6. The summed E-state index contributed by atoms with van der Waals surface area (Å²) >= 11 is 1.53. The van der Waals surface area contributed by atoms with E-state index in [2.05, 4.69) is 9.97 Å². The molecule has 2 heterocycles. The zero-order chi connectivity index (χ0) is 13.1. The molecule has 96 valence electrons. The van der Waals surface area contributed by atoms with Crippen molar-refractivity contribution in [3.05, 3.63) is 28.1 Å². The molecule has 0 spiro atoms. The fourth-order valence-corrected chi connectivity index (χ4v) is 2.20. The maximum absolute atomic E-state index is 11.6. The molecular formula is C11H14N4O2S. The number of carbonyl (C=O) groups is 1. The van der Waals surface area contributed by atoms with E-state index in [0.29, 0.717) is 24.8 Å². The van der Waals surface area contributed by atoms with Gasteiger partial charge in [-0.05, 0) is 13.8 Å². The van der Waals surface area contributed by atoms with Crippen LogP contribution in [0.15, 0.2) is 11.6 Å². The van der Waals surface area contributed by atoms with Crippen LogP contribution in [0, 0.1) is 6.92 Å². The number of nitrogen functional groups attached to an aromatic ring is 1. The van der Waals surface area contributed by atoms with Gasteiger partial charge in [-0.15, -0.1) is 11.3 Å². The lowest BCUT2D eigenvalue weighted by atomic mass is 10.4. The van der Waals surface area contributed by atoms with Crippen molar-refractivity contribution in [1.82, 2.24) is 14.5 Å². The molecule has 0 aromatic carbocycles. The highest BCUT2D eigenvalue weighted by molar-refractivity contribution is 7.09. The second kappa shape index (κ2) is 5.18. The number of esters is 1. The Morgan fingerprint density at radius 3 is 3.00 bits per heavy atom. The van der Waals surface area contributed by atoms with Crippen LogP contribution >= 0.6 is 11.3 Å². The van der Waals surface area contributed by atoms with Crippen LogP contribution in [0.2, 0.25) is 0 Å². The van der Waals surface area contributed by atoms with Crippen molar-refractivity contribution >= 4 is 23.1 Å². The average Bonchev–Trinajstić information content (AvgIpc) is 2.93. The maximum Gasteiger partial charge on any atom is 0.360 e. The molecule has 0 bridgehead atoms. The molecule has 0 saturated carbocycles. The number of nitrogens with zero attached hydrogens (tertiary/aromatic N) is 3. The molecule has 2 aromatic rings. The fraction of sp³-hybridized carbons (Fsp3) is 0.364. The minimum absolute atomic E-state index is 0.172. The van der Waals surface area contributed by atoms with Crippen molar-refractivity contribution < 1.29 is 9.53 Å². The Labute approximate surface area is 108 Å². The fourth-order valence-electron chi connectivity index (χ4n) is 1.60. The Hall–Kier alpha value is -1.89. The molecule has 0 aliphatic carbocycles. The zero-order valence-corrected chi connectivity index (χ0v) is 11.0. The van der Waals surface area contributed by atoms with E-state index in [1.165, 1.54) is 11.3 Å². The molecule has 2 aromatic heterocycles. The summed E-state index contributed by atoms with van der Waals surface area (Å²) in [6.45, 7) is 4.36. The molecule has 7 heteroatoms. The van der Waals surface area contributed by atoms with Crippen LogP contribution in [0.4, 0.5) is 5.82 Å². The summed E-state index contributed by atoms with van der Waals surface area (Å²) in [5.74, 6) is 0.503. The van der Waals surface area contributed by atoms with Crippen molar-refractivity contribution in [2.24, 2.45) is 0 Å². The van der Waals surface area contributed by atoms with Crippen LogP contribution in [0.25, 0.3) is 0 Å². The zero-order valence-electron chi connectivity index (χ0n) is 10.2. The molecule has 0 unspecified atom stereocenters. The number of aromatic nitrogens is 3. The number of thiazole rings is 1. The average molecular weight is 266 g/mol. The first-order chi connectivity index (χ1) is 8.63. The van der Waals surface area contributed by atoms with Crippen molar-refractivity contribution in [1.29, 1.82) is 0 Å². The lowest BCUT2D eigenvalue weighted by Gasteiger charge is -2.05. The Morgan fingerprint density at radius 1 is 1.61 bits per heavy atom. The second-order valence-electron chi connectivity index (χ2n) is 3.63. The van der Waals surface area contributed by atoms with E-state index in [1.807, 2.05) is 5.38 Å². The van der Waals surface area contributed by atoms with Gasteiger partial charge in [0.2, 0.25) is 0 Å². The first-order valence-corrected chi connectivity index (χ1v) is 6.39. The van der Waals surface area contributed by atoms with Crippen LogP contribution in [-0.2, 0) is 11.3 Å². The minimum atomic E-state index is -0.490. The Morgan fingerprint density at radius 2 is 2.39 bits per heavy atom. The first-order valence-electron chi connectivity index (χ1n) is 5.51. The number of aryl methyl sites for hydroxylation is 1. The second-order valence-corrected chi connectivity index (χ2v) is 4.60. The van der Waals surface area contributed by atoms with Gasteiger partial charge in [0.1, 0.15) is 16.6 Å². The van der Waals surface area contributed by atoms with Crippen LogP contribution in [0.1, 0.15) is 28.2 Å². The highest BCUT2D eigenvalue weighted by Crippen LogP contribution is 2.18. The summed E-state index contributed by atoms with van der Waals surface area (Å²) in [5.41, 5.74) is 6.10. The number of imidazole rings is 1. The number of carbonyl (C=O) groups excluding carboxylic acids is 1. The normalized spacial score (nSPS) is 10.6. The Kier molecular flexibility index (Phi) is 3.61. The predicted molar refractivity (Wildman–Crippen MR) is 68.5 cm³/mol. The topological polar surface area (TPSA) is 83.0 Å². The van der Waals surface area contributed by atoms with Gasteiger partial charge in [-0.25, -0.2) is 14.8 Å². The van der Waals surface area contributed by atoms with Crippen LogP contribution in [0.3, 0.4) is 0 Å². The molecular weight excluding hydrogens is 252 g/mol. The molecule has 0 saturated heterocycles. The van der Waals surface area contributed by atoms with Gasteiger partial charge in [0.05, 0.1) is 13.2 Å². The van der Waals surface area contributed by atoms with E-state index in [1.54, 1.807) is 24.6 Å². The number of nitrogens with two attached hydrogens (primary N) is 1. The van der Waals surface area contributed by atoms with E-state index in [9.17, 15) is 4.79 Å². The number of hydrogen-bond donors (Lipinski definition) is 1. The molecule has 0 atom stereocenters. The highest BCUT2D eigenvalue weighted by Gasteiger charge is 2.20. The first kappa shape index (κ1) is 12.6. The van der Waals surface area contributed by atoms with Crippen LogP contribution < -0.4 is 5.73 Å². The van der Waals surface area contributed by atoms with Crippen LogP contribution in [-0.4, -0.2) is 27.1 Å². The molecule has 6 nitrogen and oxygen atoms in total. The number of ether oxygens (including phenoxy) is 1. The summed E-state index contributed by atoms with van der Waals surface area (Å²) in [6.07, 6.45) is 1.73. The quantitative estimate of drug-likeness (QED) is 0.847. The van der Waals surface area contributed by atoms with Gasteiger partial charge in [0.25, 0.3) is 0 Å². The summed E-state index contributed by atoms with van der Waals surface area (Å²) < 4.78 is 6.66. The van der Waals surface area contributed by atoms with E-state index < -0.39 is 5.97 Å². The van der Waals surface area contributed by atoms with Crippen LogP contribution in [0.5, 0.6) is 0 Å². The highest BCUT2D eigenvalue weighted by atomic mass is 32.1. The third-order valence-electron chi connectivity index (χ3n) is 2.44. The molecule has 0 radical (unpaired) electrons. The van der Waals surface area contributed by atoms with Crippen molar-refractivity contribution in [3.63, 3.8) is 0 Å². The molecule has 0 fully saturated rings. The number of anilines is 1. The summed E-state index contributed by atoms with van der Waals surface area (Å²) in [5, 5.41) is 2.81. The van der Waals surface area contributed by atoms with Crippen molar-refractivity contribution in [2.45, 2.75) is 20.4 Å². The van der Waals surface area contributed by atoms with Gasteiger partial charge < -0.3 is 15.0 Å².